The van der Waals surface area contributed by atoms with Gasteiger partial charge in [-0.25, -0.2) is 14.5 Å². The topological polar surface area (TPSA) is 47.5 Å². The second kappa shape index (κ2) is 10.3. The van der Waals surface area contributed by atoms with Gasteiger partial charge in [0.25, 0.3) is 6.33 Å². The van der Waals surface area contributed by atoms with Crippen LogP contribution in [-0.2, 0) is 18.4 Å². The van der Waals surface area contributed by atoms with Gasteiger partial charge in [-0.1, -0.05) is 63.9 Å². The van der Waals surface area contributed by atoms with Crippen LogP contribution in [0.25, 0.3) is 11.4 Å². The molecule has 5 heteroatoms. The minimum Gasteiger partial charge on any atom is -0.234 e. The van der Waals surface area contributed by atoms with Crippen LogP contribution in [0.2, 0.25) is 0 Å². The van der Waals surface area contributed by atoms with Crippen LogP contribution >= 0.6 is 0 Å². The first-order valence-corrected chi connectivity index (χ1v) is 14.9. The molecule has 0 radical (unpaired) electrons. The van der Waals surface area contributed by atoms with Gasteiger partial charge in [-0.15, -0.1) is 4.68 Å². The molecule has 4 aliphatic carbocycles. The van der Waals surface area contributed by atoms with E-state index in [1.165, 1.54) is 50.6 Å². The van der Waals surface area contributed by atoms with Crippen LogP contribution in [0.5, 0.6) is 0 Å². The van der Waals surface area contributed by atoms with Crippen molar-refractivity contribution in [3.8, 4) is 11.4 Å². The molecular weight excluding hydrogens is 454 g/mol. The van der Waals surface area contributed by atoms with Gasteiger partial charge in [0.2, 0.25) is 6.33 Å². The van der Waals surface area contributed by atoms with Crippen molar-refractivity contribution in [2.24, 2.45) is 23.7 Å². The maximum absolute atomic E-state index is 5.10. The lowest BCUT2D eigenvalue weighted by atomic mass is 9.53. The molecule has 0 aliphatic heterocycles. The lowest BCUT2D eigenvalue weighted by Gasteiger charge is -2.54. The van der Waals surface area contributed by atoms with Crippen molar-refractivity contribution >= 4 is 0 Å². The third kappa shape index (κ3) is 4.98. The molecule has 4 fully saturated rings. The lowest BCUT2D eigenvalue weighted by Crippen LogP contribution is -2.52. The van der Waals surface area contributed by atoms with Gasteiger partial charge in [-0.2, -0.15) is 0 Å². The van der Waals surface area contributed by atoms with E-state index in [1.807, 2.05) is 0 Å². The summed E-state index contributed by atoms with van der Waals surface area (Å²) < 4.78 is 4.82. The van der Waals surface area contributed by atoms with Gasteiger partial charge in [0.1, 0.15) is 5.54 Å². The SMILES string of the molecule is CCCCc1cc(C[C@H]([C@@H](C)CC)[n+]2cnn(C34CC5CC(CC(C5)C3)C4)c2)nc(-c2ccccc2)n1. The summed E-state index contributed by atoms with van der Waals surface area (Å²) in [7, 11) is 0. The Kier molecular flexibility index (Phi) is 6.89. The number of nitrogens with zero attached hydrogens (tertiary/aromatic N) is 5. The van der Waals surface area contributed by atoms with E-state index in [0.717, 1.165) is 60.5 Å². The molecule has 1 aromatic carbocycles. The first-order valence-electron chi connectivity index (χ1n) is 14.9. The average molecular weight is 499 g/mol. The van der Waals surface area contributed by atoms with E-state index < -0.39 is 0 Å². The van der Waals surface area contributed by atoms with Gasteiger partial charge in [-0.05, 0) is 81.1 Å². The summed E-state index contributed by atoms with van der Waals surface area (Å²) in [6.07, 6.45) is 18.3. The first-order chi connectivity index (χ1) is 18.0. The number of aryl methyl sites for hydroxylation is 1. The minimum absolute atomic E-state index is 0.267. The molecule has 7 rings (SSSR count). The molecule has 3 aromatic rings. The molecule has 4 saturated carbocycles. The predicted molar refractivity (Wildman–Crippen MR) is 147 cm³/mol. The maximum Gasteiger partial charge on any atom is 0.265 e. The van der Waals surface area contributed by atoms with Crippen LogP contribution in [0.15, 0.2) is 49.1 Å². The van der Waals surface area contributed by atoms with E-state index >= 15 is 0 Å². The van der Waals surface area contributed by atoms with Gasteiger partial charge in [-0.3, -0.25) is 0 Å². The van der Waals surface area contributed by atoms with Crippen molar-refractivity contribution in [1.82, 2.24) is 19.7 Å². The minimum atomic E-state index is 0.267. The average Bonchev–Trinajstić information content (AvgIpc) is 3.41. The highest BCUT2D eigenvalue weighted by molar-refractivity contribution is 5.54. The maximum atomic E-state index is 5.10. The molecule has 0 saturated heterocycles. The Labute approximate surface area is 222 Å². The molecule has 2 heterocycles. The highest BCUT2D eigenvalue weighted by Crippen LogP contribution is 2.58. The molecule has 4 aliphatic rings. The standard InChI is InChI=1S/C32H44N5/c1-4-6-12-28-16-29(35-31(34-28)27-10-8-7-9-11-27)17-30(23(3)5-2)36-21-33-37(22-36)32-18-24-13-25(19-32)15-26(14-24)20-32/h7-11,16,21-26,30H,4-6,12-15,17-20H2,1-3H3/q+1/t23-,24?,25?,26?,30+,32?/m0/s1. The van der Waals surface area contributed by atoms with Crippen molar-refractivity contribution in [2.45, 2.75) is 103 Å². The molecule has 2 atom stereocenters. The molecular formula is C32H44N5+. The van der Waals surface area contributed by atoms with E-state index in [9.17, 15) is 0 Å². The Morgan fingerprint density at radius 1 is 0.973 bits per heavy atom. The molecule has 0 N–H and O–H groups in total. The summed E-state index contributed by atoms with van der Waals surface area (Å²) in [5.41, 5.74) is 3.69. The summed E-state index contributed by atoms with van der Waals surface area (Å²) in [5.74, 6) is 4.17. The van der Waals surface area contributed by atoms with Gasteiger partial charge in [0, 0.05) is 28.5 Å². The Morgan fingerprint density at radius 2 is 1.65 bits per heavy atom. The van der Waals surface area contributed by atoms with Gasteiger partial charge < -0.3 is 0 Å². The Morgan fingerprint density at radius 3 is 2.30 bits per heavy atom. The molecule has 0 unspecified atom stereocenters. The Bertz CT molecular complexity index is 1160. The largest absolute Gasteiger partial charge is 0.265 e. The summed E-state index contributed by atoms with van der Waals surface area (Å²) in [5, 5.41) is 5.06. The number of aromatic nitrogens is 5. The molecule has 0 spiro atoms. The van der Waals surface area contributed by atoms with Crippen LogP contribution in [-0.4, -0.2) is 19.7 Å². The fourth-order valence-corrected chi connectivity index (χ4v) is 8.01. The van der Waals surface area contributed by atoms with Crippen LogP contribution in [0, 0.1) is 23.7 Å². The summed E-state index contributed by atoms with van der Waals surface area (Å²) in [6.45, 7) is 6.94. The Balaban J connectivity index is 1.30. The number of benzene rings is 1. The summed E-state index contributed by atoms with van der Waals surface area (Å²) in [6, 6.07) is 13.1. The fraction of sp³-hybridized carbons (Fsp3) is 0.625. The molecule has 196 valence electrons. The van der Waals surface area contributed by atoms with Gasteiger partial charge >= 0.3 is 0 Å². The van der Waals surface area contributed by atoms with Crippen molar-refractivity contribution in [2.75, 3.05) is 0 Å². The van der Waals surface area contributed by atoms with E-state index in [4.69, 9.17) is 15.1 Å². The smallest absolute Gasteiger partial charge is 0.234 e. The van der Waals surface area contributed by atoms with E-state index in [1.54, 1.807) is 0 Å². The van der Waals surface area contributed by atoms with Crippen molar-refractivity contribution in [3.05, 3.63) is 60.4 Å². The third-order valence-electron chi connectivity index (χ3n) is 9.80. The van der Waals surface area contributed by atoms with Crippen LogP contribution in [0.1, 0.15) is 96.0 Å². The van der Waals surface area contributed by atoms with E-state index in [0.29, 0.717) is 12.0 Å². The quantitative estimate of drug-likeness (QED) is 0.291. The Hall–Kier alpha value is -2.56. The molecule has 5 nitrogen and oxygen atoms in total. The number of rotatable bonds is 10. The molecule has 4 bridgehead atoms. The van der Waals surface area contributed by atoms with E-state index in [-0.39, 0.29) is 5.54 Å². The highest BCUT2D eigenvalue weighted by atomic mass is 15.4. The summed E-state index contributed by atoms with van der Waals surface area (Å²) in [4.78, 5) is 10.1. The predicted octanol–water partition coefficient (Wildman–Crippen LogP) is 6.73. The molecule has 37 heavy (non-hydrogen) atoms. The van der Waals surface area contributed by atoms with Crippen molar-refractivity contribution in [3.63, 3.8) is 0 Å². The van der Waals surface area contributed by atoms with Gasteiger partial charge in [0.15, 0.2) is 5.82 Å². The second-order valence-corrected chi connectivity index (χ2v) is 12.6. The van der Waals surface area contributed by atoms with Gasteiger partial charge in [0.05, 0.1) is 6.04 Å². The third-order valence-corrected chi connectivity index (χ3v) is 9.80. The zero-order valence-corrected chi connectivity index (χ0v) is 23.0. The van der Waals surface area contributed by atoms with Crippen LogP contribution in [0.3, 0.4) is 0 Å². The lowest BCUT2D eigenvalue weighted by molar-refractivity contribution is -0.730. The fourth-order valence-electron chi connectivity index (χ4n) is 8.01. The van der Waals surface area contributed by atoms with Crippen LogP contribution in [0.4, 0.5) is 0 Å². The number of hydrogen-bond donors (Lipinski definition) is 0. The van der Waals surface area contributed by atoms with Crippen molar-refractivity contribution in [1.29, 1.82) is 0 Å². The zero-order valence-electron chi connectivity index (χ0n) is 23.0. The zero-order chi connectivity index (χ0) is 25.4. The first kappa shape index (κ1) is 24.8. The number of hydrogen-bond acceptors (Lipinski definition) is 3. The molecule has 0 amide bonds. The highest BCUT2D eigenvalue weighted by Gasteiger charge is 2.55. The van der Waals surface area contributed by atoms with Crippen LogP contribution < -0.4 is 4.57 Å². The van der Waals surface area contributed by atoms with Crippen molar-refractivity contribution < 1.29 is 4.57 Å². The second-order valence-electron chi connectivity index (χ2n) is 12.6. The summed E-state index contributed by atoms with van der Waals surface area (Å²) >= 11 is 0. The monoisotopic (exact) mass is 498 g/mol. The van der Waals surface area contributed by atoms with E-state index in [2.05, 4.69) is 79.1 Å². The molecule has 2 aromatic heterocycles. The number of unbranched alkanes of at least 4 members (excludes halogenated alkanes) is 1. The normalized spacial score (nSPS) is 27.9.